The summed E-state index contributed by atoms with van der Waals surface area (Å²) >= 11 is 17.3. The Hall–Kier alpha value is 0.270. The van der Waals surface area contributed by atoms with Gasteiger partial charge in [0.1, 0.15) is 0 Å². The number of halogens is 13. The van der Waals surface area contributed by atoms with Gasteiger partial charge >= 0.3 is 23.1 Å². The van der Waals surface area contributed by atoms with Crippen molar-refractivity contribution < 1.29 is 39.5 Å². The molecule has 0 aliphatic carbocycles. The molecule has 2 unspecified atom stereocenters. The fourth-order valence-corrected chi connectivity index (χ4v) is 1.60. The second kappa shape index (κ2) is 5.81. The van der Waals surface area contributed by atoms with E-state index in [1.807, 2.05) is 0 Å². The first-order valence-corrected chi connectivity index (χ1v) is 5.63. The van der Waals surface area contributed by atoms with Gasteiger partial charge in [0.25, 0.3) is 4.59 Å². The second-order valence-electron chi connectivity index (χ2n) is 3.26. The van der Waals surface area contributed by atoms with E-state index in [1.54, 1.807) is 0 Å². The summed E-state index contributed by atoms with van der Waals surface area (Å²) in [7, 11) is 0. The summed E-state index contributed by atoms with van der Waals surface area (Å²) in [5.41, 5.74) is -6.19. The topological polar surface area (TPSA) is 0 Å². The number of allylic oxidation sites excluding steroid dienone is 1. The average molecular weight is 398 g/mol. The predicted molar refractivity (Wildman–Crippen MR) is 55.1 cm³/mol. The third kappa shape index (κ3) is 3.36. The Morgan fingerprint density at radius 2 is 1.15 bits per heavy atom. The highest BCUT2D eigenvalue weighted by molar-refractivity contribution is 6.51. The van der Waals surface area contributed by atoms with Gasteiger partial charge < -0.3 is 0 Å². The van der Waals surface area contributed by atoms with Crippen LogP contribution in [0.15, 0.2) is 11.9 Å². The van der Waals surface area contributed by atoms with E-state index in [4.69, 9.17) is 0 Å². The van der Waals surface area contributed by atoms with Gasteiger partial charge in [-0.05, 0) is 11.6 Å². The van der Waals surface area contributed by atoms with Crippen molar-refractivity contribution in [3.8, 4) is 0 Å². The number of alkyl halides is 10. The molecular formula is C7HCl4F9. The van der Waals surface area contributed by atoms with Gasteiger partial charge in [0, 0.05) is 0 Å². The van der Waals surface area contributed by atoms with Crippen LogP contribution in [0.4, 0.5) is 39.5 Å². The number of hydrogen-bond donors (Lipinski definition) is 0. The molecule has 13 heteroatoms. The highest BCUT2D eigenvalue weighted by atomic mass is 35.5. The van der Waals surface area contributed by atoms with Gasteiger partial charge in [-0.25, -0.2) is 22.0 Å². The first kappa shape index (κ1) is 20.3. The Labute approximate surface area is 125 Å². The fourth-order valence-electron chi connectivity index (χ4n) is 0.970. The molecule has 0 spiro atoms. The van der Waals surface area contributed by atoms with Gasteiger partial charge in [0.05, 0.1) is 0 Å². The number of hydrogen-bond acceptors (Lipinski definition) is 0. The zero-order chi connectivity index (χ0) is 16.7. The van der Waals surface area contributed by atoms with Crippen molar-refractivity contribution in [1.29, 1.82) is 0 Å². The molecule has 0 fully saturated rings. The van der Waals surface area contributed by atoms with Gasteiger partial charge in [-0.15, -0.1) is 11.6 Å². The summed E-state index contributed by atoms with van der Waals surface area (Å²) in [4.78, 5) is 0. The van der Waals surface area contributed by atoms with Gasteiger partial charge in [0.2, 0.25) is 5.83 Å². The van der Waals surface area contributed by atoms with E-state index in [0.717, 1.165) is 0 Å². The molecule has 0 radical (unpaired) electrons. The minimum Gasteiger partial charge on any atom is -0.221 e. The maximum absolute atomic E-state index is 13.6. The first-order valence-electron chi connectivity index (χ1n) is 4.06. The Morgan fingerprint density at radius 1 is 0.800 bits per heavy atom. The van der Waals surface area contributed by atoms with Crippen LogP contribution >= 0.6 is 46.4 Å². The van der Waals surface area contributed by atoms with E-state index >= 15 is 0 Å². The van der Waals surface area contributed by atoms with Crippen molar-refractivity contribution in [1.82, 2.24) is 0 Å². The SMILES string of the molecule is FC(F)=C(F)C(F)(C(F)(F)Cl)C(F)(F)C(Cl)C(F)(Cl)Cl. The molecule has 2 atom stereocenters. The molecule has 0 saturated carbocycles. The summed E-state index contributed by atoms with van der Waals surface area (Å²) in [5.74, 6) is -9.99. The smallest absolute Gasteiger partial charge is 0.221 e. The summed E-state index contributed by atoms with van der Waals surface area (Å²) in [6, 6.07) is 0. The van der Waals surface area contributed by atoms with Crippen LogP contribution in [0.25, 0.3) is 0 Å². The Balaban J connectivity index is 6.26. The quantitative estimate of drug-likeness (QED) is 0.397. The van der Waals surface area contributed by atoms with Crippen LogP contribution in [0.3, 0.4) is 0 Å². The van der Waals surface area contributed by atoms with E-state index in [9.17, 15) is 39.5 Å². The highest BCUT2D eigenvalue weighted by Crippen LogP contribution is 2.57. The normalized spacial score (nSPS) is 18.4. The fraction of sp³-hybridized carbons (Fsp3) is 0.714. The Kier molecular flexibility index (Phi) is 5.89. The lowest BCUT2D eigenvalue weighted by atomic mass is 9.93. The van der Waals surface area contributed by atoms with Crippen LogP contribution < -0.4 is 0 Å². The van der Waals surface area contributed by atoms with Gasteiger partial charge in [0.15, 0.2) is 5.38 Å². The lowest BCUT2D eigenvalue weighted by molar-refractivity contribution is -0.209. The molecule has 0 nitrogen and oxygen atoms in total. The van der Waals surface area contributed by atoms with E-state index in [1.165, 1.54) is 0 Å². The molecule has 20 heavy (non-hydrogen) atoms. The van der Waals surface area contributed by atoms with Crippen molar-refractivity contribution in [2.45, 2.75) is 26.9 Å². The largest absolute Gasteiger partial charge is 0.368 e. The van der Waals surface area contributed by atoms with E-state index in [2.05, 4.69) is 46.4 Å². The maximum atomic E-state index is 13.6. The Bertz CT molecular complexity index is 394. The highest BCUT2D eigenvalue weighted by Gasteiger charge is 2.78. The van der Waals surface area contributed by atoms with Crippen LogP contribution in [0.5, 0.6) is 0 Å². The molecule has 0 rings (SSSR count). The van der Waals surface area contributed by atoms with Crippen molar-refractivity contribution in [2.24, 2.45) is 0 Å². The minimum atomic E-state index is -6.19. The molecule has 0 aromatic rings. The molecule has 0 amide bonds. The monoisotopic (exact) mass is 396 g/mol. The summed E-state index contributed by atoms with van der Waals surface area (Å²) in [6.07, 6.45) is -3.88. The summed E-state index contributed by atoms with van der Waals surface area (Å²) in [6.45, 7) is 0. The standard InChI is InChI=1S/C7HCl4F9/c8-3(6(9,10)18)5(16,17)4(15,7(11,19)20)1(12)2(13)14/h3H. The van der Waals surface area contributed by atoms with Gasteiger partial charge in [-0.1, -0.05) is 23.2 Å². The van der Waals surface area contributed by atoms with Crippen LogP contribution in [-0.2, 0) is 0 Å². The van der Waals surface area contributed by atoms with Crippen LogP contribution in [0.2, 0.25) is 0 Å². The number of rotatable bonds is 5. The lowest BCUT2D eigenvalue weighted by Crippen LogP contribution is -2.62. The van der Waals surface area contributed by atoms with Gasteiger partial charge in [-0.2, -0.15) is 17.6 Å². The molecular weight excluding hydrogens is 397 g/mol. The molecule has 0 heterocycles. The maximum Gasteiger partial charge on any atom is 0.368 e. The minimum absolute atomic E-state index is 3.88. The summed E-state index contributed by atoms with van der Waals surface area (Å²) < 4.78 is 111. The van der Waals surface area contributed by atoms with Crippen LogP contribution in [0.1, 0.15) is 0 Å². The van der Waals surface area contributed by atoms with E-state index in [-0.39, 0.29) is 0 Å². The van der Waals surface area contributed by atoms with E-state index < -0.39 is 38.8 Å². The molecule has 0 aromatic heterocycles. The molecule has 0 bridgehead atoms. The molecule has 0 aromatic carbocycles. The van der Waals surface area contributed by atoms with Gasteiger partial charge in [-0.3, -0.25) is 0 Å². The van der Waals surface area contributed by atoms with Crippen LogP contribution in [0, 0.1) is 0 Å². The molecule has 0 aliphatic heterocycles. The first-order chi connectivity index (χ1) is 8.51. The van der Waals surface area contributed by atoms with Crippen LogP contribution in [-0.4, -0.2) is 26.9 Å². The molecule has 0 aliphatic rings. The second-order valence-corrected chi connectivity index (χ2v) is 5.46. The predicted octanol–water partition coefficient (Wildman–Crippen LogP) is 5.95. The van der Waals surface area contributed by atoms with Crippen molar-refractivity contribution in [2.75, 3.05) is 0 Å². The molecule has 0 N–H and O–H groups in total. The molecule has 120 valence electrons. The van der Waals surface area contributed by atoms with Crippen molar-refractivity contribution >= 4 is 46.4 Å². The van der Waals surface area contributed by atoms with Crippen molar-refractivity contribution in [3.63, 3.8) is 0 Å². The average Bonchev–Trinajstić information content (AvgIpc) is 2.22. The third-order valence-electron chi connectivity index (χ3n) is 1.92. The zero-order valence-electron chi connectivity index (χ0n) is 8.49. The molecule has 0 saturated heterocycles. The van der Waals surface area contributed by atoms with Crippen molar-refractivity contribution in [3.05, 3.63) is 11.9 Å². The zero-order valence-corrected chi connectivity index (χ0v) is 11.5. The lowest BCUT2D eigenvalue weighted by Gasteiger charge is -2.37. The summed E-state index contributed by atoms with van der Waals surface area (Å²) in [5, 5.41) is -9.81. The third-order valence-corrected chi connectivity index (χ3v) is 3.42. The van der Waals surface area contributed by atoms with E-state index in [0.29, 0.717) is 0 Å². The Morgan fingerprint density at radius 3 is 1.35 bits per heavy atom.